The van der Waals surface area contributed by atoms with E-state index >= 15 is 0 Å². The van der Waals surface area contributed by atoms with Crippen LogP contribution >= 0.6 is 0 Å². The molecule has 1 amide bonds. The Morgan fingerprint density at radius 3 is 2.62 bits per heavy atom. The molecule has 5 rings (SSSR count). The summed E-state index contributed by atoms with van der Waals surface area (Å²) in [6.45, 7) is 5.99. The minimum atomic E-state index is -4.66. The van der Waals surface area contributed by atoms with Gasteiger partial charge in [0, 0.05) is 66.2 Å². The fourth-order valence-corrected chi connectivity index (χ4v) is 5.06. The van der Waals surface area contributed by atoms with Crippen molar-refractivity contribution in [2.45, 2.75) is 58.9 Å². The summed E-state index contributed by atoms with van der Waals surface area (Å²) in [5.74, 6) is 0.356. The number of rotatable bonds is 2. The molecule has 37 heavy (non-hydrogen) atoms. The second-order valence-electron chi connectivity index (χ2n) is 9.57. The molecule has 12 heteroatoms. The highest BCUT2D eigenvalue weighted by Crippen LogP contribution is 2.42. The molecular formula is C25H28F3N7O2. The van der Waals surface area contributed by atoms with E-state index in [2.05, 4.69) is 20.2 Å². The summed E-state index contributed by atoms with van der Waals surface area (Å²) >= 11 is 0. The number of carbonyl (C=O) groups is 1. The minimum absolute atomic E-state index is 0.0291. The number of alkyl halides is 3. The third-order valence-corrected chi connectivity index (χ3v) is 6.73. The SMILES string of the molecule is COc1c2c(nn1C)CN(C(C)C)C(=O)CCCn1cc(c(C(F)(F)F)n1)-c1c(C)[nH]c3ncc-2cc13. The van der Waals surface area contributed by atoms with Crippen LogP contribution in [0.1, 0.15) is 43.8 Å². The van der Waals surface area contributed by atoms with E-state index in [9.17, 15) is 18.0 Å². The summed E-state index contributed by atoms with van der Waals surface area (Å²) < 4.78 is 50.8. The van der Waals surface area contributed by atoms with Gasteiger partial charge in [-0.3, -0.25) is 9.48 Å². The molecule has 0 aromatic carbocycles. The third-order valence-electron chi connectivity index (χ3n) is 6.73. The van der Waals surface area contributed by atoms with Crippen LogP contribution in [0.3, 0.4) is 0 Å². The molecule has 0 atom stereocenters. The second-order valence-corrected chi connectivity index (χ2v) is 9.57. The number of fused-ring (bicyclic) bond motifs is 6. The molecule has 1 aliphatic rings. The first-order valence-corrected chi connectivity index (χ1v) is 12.0. The van der Waals surface area contributed by atoms with Crippen LogP contribution in [0.25, 0.3) is 33.3 Å². The first-order chi connectivity index (χ1) is 17.5. The summed E-state index contributed by atoms with van der Waals surface area (Å²) in [7, 11) is 3.27. The highest BCUT2D eigenvalue weighted by Gasteiger charge is 2.39. The van der Waals surface area contributed by atoms with E-state index in [1.165, 1.54) is 18.0 Å². The molecule has 0 radical (unpaired) electrons. The van der Waals surface area contributed by atoms with Crippen LogP contribution in [0.5, 0.6) is 5.88 Å². The summed E-state index contributed by atoms with van der Waals surface area (Å²) in [6, 6.07) is 1.68. The molecule has 4 aromatic rings. The molecule has 4 aromatic heterocycles. The van der Waals surface area contributed by atoms with Gasteiger partial charge in [-0.25, -0.2) is 9.67 Å². The lowest BCUT2D eigenvalue weighted by molar-refractivity contribution is -0.141. The van der Waals surface area contributed by atoms with E-state index in [1.54, 1.807) is 35.8 Å². The van der Waals surface area contributed by atoms with Crippen LogP contribution in [0.2, 0.25) is 0 Å². The van der Waals surface area contributed by atoms with Crippen molar-refractivity contribution in [2.24, 2.45) is 7.05 Å². The minimum Gasteiger partial charge on any atom is -0.481 e. The van der Waals surface area contributed by atoms with E-state index in [0.29, 0.717) is 51.4 Å². The third kappa shape index (κ3) is 4.23. The number of amides is 1. The van der Waals surface area contributed by atoms with E-state index in [0.717, 1.165) is 0 Å². The Bertz CT molecular complexity index is 1500. The van der Waals surface area contributed by atoms with Gasteiger partial charge >= 0.3 is 6.18 Å². The molecule has 0 spiro atoms. The number of carbonyl (C=O) groups excluding carboxylic acids is 1. The first-order valence-electron chi connectivity index (χ1n) is 12.0. The molecule has 0 aliphatic carbocycles. The van der Waals surface area contributed by atoms with E-state index in [1.807, 2.05) is 13.8 Å². The molecule has 196 valence electrons. The fraction of sp³-hybridized carbons (Fsp3) is 0.440. The molecule has 0 unspecified atom stereocenters. The van der Waals surface area contributed by atoms with Crippen LogP contribution in [0, 0.1) is 6.92 Å². The average Bonchev–Trinajstić information content (AvgIpc) is 3.47. The second kappa shape index (κ2) is 8.93. The van der Waals surface area contributed by atoms with Crippen molar-refractivity contribution >= 4 is 16.9 Å². The van der Waals surface area contributed by atoms with Crippen LogP contribution in [-0.2, 0) is 31.1 Å². The lowest BCUT2D eigenvalue weighted by atomic mass is 10.0. The van der Waals surface area contributed by atoms with Gasteiger partial charge in [0.25, 0.3) is 0 Å². The molecule has 1 N–H and O–H groups in total. The van der Waals surface area contributed by atoms with Gasteiger partial charge in [-0.15, -0.1) is 0 Å². The predicted octanol–water partition coefficient (Wildman–Crippen LogP) is 4.69. The monoisotopic (exact) mass is 515 g/mol. The van der Waals surface area contributed by atoms with Crippen LogP contribution in [0.4, 0.5) is 13.2 Å². The van der Waals surface area contributed by atoms with Gasteiger partial charge in [0.15, 0.2) is 5.69 Å². The Morgan fingerprint density at radius 1 is 1.19 bits per heavy atom. The zero-order valence-electron chi connectivity index (χ0n) is 21.3. The van der Waals surface area contributed by atoms with Gasteiger partial charge in [0.05, 0.1) is 24.9 Å². The number of halogens is 3. The summed E-state index contributed by atoms with van der Waals surface area (Å²) in [5, 5.41) is 9.06. The number of aryl methyl sites for hydroxylation is 3. The van der Waals surface area contributed by atoms with E-state index in [4.69, 9.17) is 4.74 Å². The number of nitrogens with one attached hydrogen (secondary N) is 1. The topological polar surface area (TPSA) is 93.9 Å². The summed E-state index contributed by atoms with van der Waals surface area (Å²) in [6.07, 6.45) is -1.10. The number of aromatic amines is 1. The van der Waals surface area contributed by atoms with Crippen molar-refractivity contribution in [2.75, 3.05) is 7.11 Å². The predicted molar refractivity (Wildman–Crippen MR) is 131 cm³/mol. The molecule has 5 heterocycles. The van der Waals surface area contributed by atoms with Gasteiger partial charge in [0.2, 0.25) is 11.8 Å². The average molecular weight is 516 g/mol. The highest BCUT2D eigenvalue weighted by atomic mass is 19.4. The van der Waals surface area contributed by atoms with E-state index < -0.39 is 11.9 Å². The standard InChI is InChI=1S/C25H28F3N7O2/c1-13(2)35-12-18-21(24(37-5)33(4)31-18)15-9-16-20(14(3)30-23(16)29-10-15)17-11-34(8-6-7-19(35)36)32-22(17)25(26,27)28/h9-11,13H,6-8,12H2,1-5H3,(H,29,30). The molecule has 0 saturated heterocycles. The highest BCUT2D eigenvalue weighted by molar-refractivity contribution is 5.98. The maximum Gasteiger partial charge on any atom is 0.435 e. The van der Waals surface area contributed by atoms with Gasteiger partial charge in [-0.2, -0.15) is 23.4 Å². The molecule has 4 bridgehead atoms. The molecule has 1 aliphatic heterocycles. The van der Waals surface area contributed by atoms with Crippen molar-refractivity contribution < 1.29 is 22.7 Å². The number of methoxy groups -OCH3 is 1. The lowest BCUT2D eigenvalue weighted by Crippen LogP contribution is -2.36. The number of hydrogen-bond donors (Lipinski definition) is 1. The Hall–Kier alpha value is -3.83. The quantitative estimate of drug-likeness (QED) is 0.418. The summed E-state index contributed by atoms with van der Waals surface area (Å²) in [5.41, 5.74) is 2.29. The van der Waals surface area contributed by atoms with Crippen molar-refractivity contribution in [1.29, 1.82) is 0 Å². The number of pyridine rings is 1. The maximum absolute atomic E-state index is 14.1. The van der Waals surface area contributed by atoms with Crippen molar-refractivity contribution in [3.63, 3.8) is 0 Å². The molecule has 0 saturated carbocycles. The Labute approximate surface area is 211 Å². The van der Waals surface area contributed by atoms with Crippen LogP contribution in [-0.4, -0.2) is 53.5 Å². The zero-order chi connectivity index (χ0) is 26.6. The number of ether oxygens (including phenoxy) is 1. The van der Waals surface area contributed by atoms with Crippen molar-refractivity contribution in [3.05, 3.63) is 35.5 Å². The Balaban J connectivity index is 1.81. The van der Waals surface area contributed by atoms with Crippen LogP contribution in [0.15, 0.2) is 18.5 Å². The van der Waals surface area contributed by atoms with Crippen molar-refractivity contribution in [1.82, 2.24) is 34.4 Å². The first kappa shape index (κ1) is 24.8. The number of nitrogens with zero attached hydrogens (tertiary/aromatic N) is 6. The molecule has 0 fully saturated rings. The number of H-pyrrole nitrogens is 1. The Morgan fingerprint density at radius 2 is 1.95 bits per heavy atom. The van der Waals surface area contributed by atoms with Gasteiger partial charge in [0.1, 0.15) is 5.65 Å². The number of aromatic nitrogens is 6. The normalized spacial score (nSPS) is 14.8. The summed E-state index contributed by atoms with van der Waals surface area (Å²) in [4.78, 5) is 22.6. The van der Waals surface area contributed by atoms with Gasteiger partial charge < -0.3 is 14.6 Å². The molecular weight excluding hydrogens is 487 g/mol. The molecule has 9 nitrogen and oxygen atoms in total. The number of hydrogen-bond acceptors (Lipinski definition) is 5. The van der Waals surface area contributed by atoms with Gasteiger partial charge in [-0.05, 0) is 33.3 Å². The fourth-order valence-electron chi connectivity index (χ4n) is 5.06. The smallest absolute Gasteiger partial charge is 0.435 e. The van der Waals surface area contributed by atoms with Crippen LogP contribution < -0.4 is 4.74 Å². The largest absolute Gasteiger partial charge is 0.481 e. The van der Waals surface area contributed by atoms with E-state index in [-0.39, 0.29) is 37.0 Å². The Kier molecular flexibility index (Phi) is 5.99. The maximum atomic E-state index is 14.1. The lowest BCUT2D eigenvalue weighted by Gasteiger charge is -2.26. The zero-order valence-corrected chi connectivity index (χ0v) is 21.3. The van der Waals surface area contributed by atoms with Crippen molar-refractivity contribution in [3.8, 4) is 28.1 Å². The van der Waals surface area contributed by atoms with Gasteiger partial charge in [-0.1, -0.05) is 0 Å².